The summed E-state index contributed by atoms with van der Waals surface area (Å²) in [6, 6.07) is 5.23. The SMILES string of the molecule is CCCCCOc1ccc(Cl)cc1-c1nc(C)c(S(=O)(=O)Cl)s1. The number of rotatable bonds is 7. The summed E-state index contributed by atoms with van der Waals surface area (Å²) >= 11 is 7.08. The van der Waals surface area contributed by atoms with Gasteiger partial charge in [0.15, 0.2) is 4.21 Å². The Morgan fingerprint density at radius 2 is 2.04 bits per heavy atom. The normalized spacial score (nSPS) is 11.7. The monoisotopic (exact) mass is 393 g/mol. The first-order chi connectivity index (χ1) is 10.8. The fourth-order valence-corrected chi connectivity index (χ4v) is 4.70. The molecule has 1 heterocycles. The molecule has 126 valence electrons. The minimum Gasteiger partial charge on any atom is -0.493 e. The molecular weight excluding hydrogens is 377 g/mol. The van der Waals surface area contributed by atoms with Crippen molar-refractivity contribution in [2.24, 2.45) is 0 Å². The largest absolute Gasteiger partial charge is 0.493 e. The van der Waals surface area contributed by atoms with Gasteiger partial charge < -0.3 is 4.74 Å². The summed E-state index contributed by atoms with van der Waals surface area (Å²) in [5.41, 5.74) is 1.05. The summed E-state index contributed by atoms with van der Waals surface area (Å²) in [4.78, 5) is 4.31. The van der Waals surface area contributed by atoms with E-state index in [1.807, 2.05) is 0 Å². The summed E-state index contributed by atoms with van der Waals surface area (Å²) < 4.78 is 29.0. The number of aromatic nitrogens is 1. The molecule has 2 rings (SSSR count). The van der Waals surface area contributed by atoms with Gasteiger partial charge in [0.1, 0.15) is 10.8 Å². The Hall–Kier alpha value is -0.820. The smallest absolute Gasteiger partial charge is 0.272 e. The molecule has 1 aromatic heterocycles. The minimum atomic E-state index is -3.81. The molecule has 0 unspecified atom stereocenters. The molecule has 0 aliphatic rings. The number of aryl methyl sites for hydroxylation is 1. The molecule has 0 aliphatic carbocycles. The van der Waals surface area contributed by atoms with Crippen LogP contribution < -0.4 is 4.74 Å². The fourth-order valence-electron chi connectivity index (χ4n) is 2.05. The summed E-state index contributed by atoms with van der Waals surface area (Å²) in [5, 5.41) is 1.05. The molecule has 23 heavy (non-hydrogen) atoms. The Morgan fingerprint density at radius 1 is 1.30 bits per heavy atom. The predicted octanol–water partition coefficient (Wildman–Crippen LogP) is 5.27. The highest BCUT2D eigenvalue weighted by molar-refractivity contribution is 8.15. The van der Waals surface area contributed by atoms with E-state index in [0.717, 1.165) is 30.6 Å². The van der Waals surface area contributed by atoms with E-state index in [1.165, 1.54) is 0 Å². The van der Waals surface area contributed by atoms with Gasteiger partial charge in [0.05, 0.1) is 17.9 Å². The van der Waals surface area contributed by atoms with Gasteiger partial charge in [-0.1, -0.05) is 31.4 Å². The first-order valence-corrected chi connectivity index (χ1v) is 10.7. The van der Waals surface area contributed by atoms with Crippen molar-refractivity contribution in [2.45, 2.75) is 37.3 Å². The third-order valence-corrected chi connectivity index (χ3v) is 6.76. The lowest BCUT2D eigenvalue weighted by atomic mass is 10.2. The average molecular weight is 394 g/mol. The summed E-state index contributed by atoms with van der Waals surface area (Å²) in [5.74, 6) is 0.637. The third-order valence-electron chi connectivity index (χ3n) is 3.15. The van der Waals surface area contributed by atoms with Crippen LogP contribution in [0.25, 0.3) is 10.6 Å². The molecule has 0 N–H and O–H groups in total. The van der Waals surface area contributed by atoms with E-state index in [9.17, 15) is 8.42 Å². The van der Waals surface area contributed by atoms with Gasteiger partial charge in [0, 0.05) is 15.7 Å². The second kappa shape index (κ2) is 7.83. The second-order valence-corrected chi connectivity index (χ2v) is 9.22. The summed E-state index contributed by atoms with van der Waals surface area (Å²) in [7, 11) is 1.63. The molecule has 0 amide bonds. The van der Waals surface area contributed by atoms with E-state index in [0.29, 0.717) is 33.6 Å². The molecule has 0 bridgehead atoms. The standard InChI is InChI=1S/C15H17Cl2NO3S2/c1-3-4-5-8-21-13-7-6-11(16)9-12(13)14-18-10(2)15(22-14)23(17,19)20/h6-7,9H,3-5,8H2,1-2H3. The highest BCUT2D eigenvalue weighted by Gasteiger charge is 2.21. The average Bonchev–Trinajstić information content (AvgIpc) is 2.87. The van der Waals surface area contributed by atoms with Crippen molar-refractivity contribution in [2.75, 3.05) is 6.61 Å². The Kier molecular flexibility index (Phi) is 6.31. The van der Waals surface area contributed by atoms with Crippen LogP contribution in [0.3, 0.4) is 0 Å². The zero-order valence-electron chi connectivity index (χ0n) is 12.8. The maximum absolute atomic E-state index is 11.6. The van der Waals surface area contributed by atoms with Gasteiger partial charge in [0.2, 0.25) is 0 Å². The minimum absolute atomic E-state index is 0.0473. The highest BCUT2D eigenvalue weighted by atomic mass is 35.7. The highest BCUT2D eigenvalue weighted by Crippen LogP contribution is 2.38. The fraction of sp³-hybridized carbons (Fsp3) is 0.400. The van der Waals surface area contributed by atoms with Crippen LogP contribution in [-0.4, -0.2) is 20.0 Å². The number of hydrogen-bond acceptors (Lipinski definition) is 5. The van der Waals surface area contributed by atoms with E-state index in [4.69, 9.17) is 27.0 Å². The van der Waals surface area contributed by atoms with E-state index in [1.54, 1.807) is 25.1 Å². The van der Waals surface area contributed by atoms with E-state index >= 15 is 0 Å². The second-order valence-electron chi connectivity index (χ2n) is 5.03. The Balaban J connectivity index is 2.36. The van der Waals surface area contributed by atoms with Gasteiger partial charge in [-0.05, 0) is 31.5 Å². The molecule has 1 aromatic carbocycles. The van der Waals surface area contributed by atoms with E-state index in [2.05, 4.69) is 11.9 Å². The number of nitrogens with zero attached hydrogens (tertiary/aromatic N) is 1. The van der Waals surface area contributed by atoms with Gasteiger partial charge in [0.25, 0.3) is 9.05 Å². The van der Waals surface area contributed by atoms with Crippen molar-refractivity contribution in [3.63, 3.8) is 0 Å². The number of hydrogen-bond donors (Lipinski definition) is 0. The van der Waals surface area contributed by atoms with Crippen molar-refractivity contribution < 1.29 is 13.2 Å². The number of benzene rings is 1. The number of halogens is 2. The van der Waals surface area contributed by atoms with Crippen LogP contribution in [-0.2, 0) is 9.05 Å². The van der Waals surface area contributed by atoms with Crippen molar-refractivity contribution in [1.29, 1.82) is 0 Å². The first kappa shape index (κ1) is 18.5. The Bertz CT molecular complexity index is 788. The molecule has 0 saturated heterocycles. The van der Waals surface area contributed by atoms with Crippen LogP contribution in [0, 0.1) is 6.92 Å². The molecular formula is C15H17Cl2NO3S2. The Morgan fingerprint density at radius 3 is 2.65 bits per heavy atom. The molecule has 0 fully saturated rings. The van der Waals surface area contributed by atoms with Gasteiger partial charge >= 0.3 is 0 Å². The van der Waals surface area contributed by atoms with Crippen molar-refractivity contribution in [3.05, 3.63) is 28.9 Å². The molecule has 0 aliphatic heterocycles. The van der Waals surface area contributed by atoms with Gasteiger partial charge in [-0.25, -0.2) is 13.4 Å². The van der Waals surface area contributed by atoms with Crippen LogP contribution in [0.5, 0.6) is 5.75 Å². The summed E-state index contributed by atoms with van der Waals surface area (Å²) in [6.45, 7) is 4.33. The zero-order valence-corrected chi connectivity index (χ0v) is 15.9. The lowest BCUT2D eigenvalue weighted by molar-refractivity contribution is 0.307. The van der Waals surface area contributed by atoms with Gasteiger partial charge in [-0.2, -0.15) is 0 Å². The molecule has 0 saturated carbocycles. The Labute approximate surface area is 149 Å². The number of unbranched alkanes of at least 4 members (excludes halogenated alkanes) is 2. The van der Waals surface area contributed by atoms with Gasteiger partial charge in [-0.15, -0.1) is 11.3 Å². The molecule has 0 radical (unpaired) electrons. The summed E-state index contributed by atoms with van der Waals surface area (Å²) in [6.07, 6.45) is 3.16. The molecule has 0 spiro atoms. The van der Waals surface area contributed by atoms with Crippen molar-refractivity contribution in [3.8, 4) is 16.3 Å². The predicted molar refractivity (Wildman–Crippen MR) is 95.4 cm³/mol. The lowest BCUT2D eigenvalue weighted by Crippen LogP contribution is -1.98. The van der Waals surface area contributed by atoms with Crippen LogP contribution in [0.1, 0.15) is 31.9 Å². The molecule has 4 nitrogen and oxygen atoms in total. The third kappa shape index (κ3) is 4.83. The van der Waals surface area contributed by atoms with Crippen molar-refractivity contribution in [1.82, 2.24) is 4.98 Å². The van der Waals surface area contributed by atoms with Crippen LogP contribution in [0.2, 0.25) is 5.02 Å². The van der Waals surface area contributed by atoms with Crippen LogP contribution in [0.15, 0.2) is 22.4 Å². The maximum Gasteiger partial charge on any atom is 0.272 e. The van der Waals surface area contributed by atoms with E-state index in [-0.39, 0.29) is 4.21 Å². The van der Waals surface area contributed by atoms with Crippen LogP contribution >= 0.6 is 33.6 Å². The molecule has 0 atom stereocenters. The zero-order chi connectivity index (χ0) is 17.0. The van der Waals surface area contributed by atoms with Gasteiger partial charge in [-0.3, -0.25) is 0 Å². The number of thiazole rings is 1. The topological polar surface area (TPSA) is 56.3 Å². The van der Waals surface area contributed by atoms with E-state index < -0.39 is 9.05 Å². The lowest BCUT2D eigenvalue weighted by Gasteiger charge is -2.10. The molecule has 8 heteroatoms. The van der Waals surface area contributed by atoms with Crippen LogP contribution in [0.4, 0.5) is 0 Å². The number of ether oxygens (including phenoxy) is 1. The maximum atomic E-state index is 11.6. The molecule has 2 aromatic rings. The van der Waals surface area contributed by atoms with Crippen molar-refractivity contribution >= 4 is 42.7 Å². The quantitative estimate of drug-likeness (QED) is 0.474. The first-order valence-electron chi connectivity index (χ1n) is 7.17.